The average Bonchev–Trinajstić information content (AvgIpc) is 3.66. The van der Waals surface area contributed by atoms with Gasteiger partial charge < -0.3 is 25.4 Å². The summed E-state index contributed by atoms with van der Waals surface area (Å²) in [5.74, 6) is -1.61. The molecule has 236 valence electrons. The summed E-state index contributed by atoms with van der Waals surface area (Å²) in [7, 11) is 0. The van der Waals surface area contributed by atoms with Gasteiger partial charge in [0.15, 0.2) is 0 Å². The standard InChI is InChI=1S/C36H34BrN3O5S/c1-2-45-26-16-14-24(15-17-26)38-33(42)29-30-35(44)40(28(20-41)22-9-4-3-5-10-22)32(36(30)19-27(37)31(29)46-36)34(43)39-25-13-12-21-8-6-7-11-23(21)18-25/h3-18,27-32,41H,2,19-20H2,1H3,(H,38,42)(H,39,43)/t27?,28-,29-,30+,31-,32?,36?/m1/s1. The quantitative estimate of drug-likeness (QED) is 0.185. The first-order chi connectivity index (χ1) is 22.3. The molecule has 3 heterocycles. The van der Waals surface area contributed by atoms with E-state index in [-0.39, 0.29) is 34.4 Å². The van der Waals surface area contributed by atoms with Gasteiger partial charge in [-0.05, 0) is 66.1 Å². The number of carbonyl (C=O) groups excluding carboxylic acids is 3. The number of fused-ring (bicyclic) bond motifs is 2. The predicted molar refractivity (Wildman–Crippen MR) is 184 cm³/mol. The van der Waals surface area contributed by atoms with Crippen molar-refractivity contribution in [3.05, 3.63) is 103 Å². The molecule has 10 heteroatoms. The molecule has 3 unspecified atom stereocenters. The molecule has 0 radical (unpaired) electrons. The van der Waals surface area contributed by atoms with Gasteiger partial charge in [-0.3, -0.25) is 14.4 Å². The van der Waals surface area contributed by atoms with Crippen molar-refractivity contribution in [2.75, 3.05) is 23.8 Å². The second kappa shape index (κ2) is 12.4. The van der Waals surface area contributed by atoms with Crippen LogP contribution in [0.4, 0.5) is 11.4 Å². The fraction of sp³-hybridized carbons (Fsp3) is 0.306. The highest BCUT2D eigenvalue weighted by Gasteiger charge is 2.76. The summed E-state index contributed by atoms with van der Waals surface area (Å²) in [5.41, 5.74) is 1.95. The number of hydrogen-bond donors (Lipinski definition) is 3. The van der Waals surface area contributed by atoms with Crippen molar-refractivity contribution >= 4 is 67.6 Å². The molecule has 4 aromatic rings. The molecule has 3 fully saturated rings. The molecule has 46 heavy (non-hydrogen) atoms. The maximum Gasteiger partial charge on any atom is 0.248 e. The highest BCUT2D eigenvalue weighted by atomic mass is 79.9. The summed E-state index contributed by atoms with van der Waals surface area (Å²) in [6.45, 7) is 2.08. The van der Waals surface area contributed by atoms with E-state index in [2.05, 4.69) is 26.6 Å². The first-order valence-corrected chi connectivity index (χ1v) is 17.3. The summed E-state index contributed by atoms with van der Waals surface area (Å²) in [4.78, 5) is 44.7. The Balaban J connectivity index is 1.26. The van der Waals surface area contributed by atoms with Crippen LogP contribution in [0.15, 0.2) is 97.1 Å². The Labute approximate surface area is 280 Å². The van der Waals surface area contributed by atoms with Gasteiger partial charge in [0.05, 0.1) is 35.8 Å². The van der Waals surface area contributed by atoms with Gasteiger partial charge in [-0.1, -0.05) is 76.6 Å². The summed E-state index contributed by atoms with van der Waals surface area (Å²) < 4.78 is 4.66. The van der Waals surface area contributed by atoms with E-state index in [1.165, 1.54) is 0 Å². The molecule has 8 nitrogen and oxygen atoms in total. The minimum atomic E-state index is -0.924. The molecule has 3 aliphatic heterocycles. The Morgan fingerprint density at radius 2 is 1.63 bits per heavy atom. The third kappa shape index (κ3) is 5.16. The van der Waals surface area contributed by atoms with Crippen LogP contribution in [-0.2, 0) is 14.4 Å². The number of hydrogen-bond acceptors (Lipinski definition) is 6. The number of nitrogens with zero attached hydrogens (tertiary/aromatic N) is 1. The van der Waals surface area contributed by atoms with Gasteiger partial charge >= 0.3 is 0 Å². The van der Waals surface area contributed by atoms with E-state index in [1.807, 2.05) is 79.7 Å². The van der Waals surface area contributed by atoms with Crippen molar-refractivity contribution in [1.29, 1.82) is 0 Å². The topological polar surface area (TPSA) is 108 Å². The lowest BCUT2D eigenvalue weighted by Gasteiger charge is -2.37. The minimum Gasteiger partial charge on any atom is -0.494 e. The van der Waals surface area contributed by atoms with Crippen LogP contribution in [0.3, 0.4) is 0 Å². The number of halogens is 1. The number of carbonyl (C=O) groups is 3. The number of aliphatic hydroxyl groups excluding tert-OH is 1. The molecule has 7 rings (SSSR count). The second-order valence-electron chi connectivity index (χ2n) is 12.0. The van der Waals surface area contributed by atoms with E-state index >= 15 is 0 Å². The number of benzene rings is 4. The van der Waals surface area contributed by atoms with Crippen LogP contribution in [0, 0.1) is 11.8 Å². The Morgan fingerprint density at radius 1 is 0.957 bits per heavy atom. The Hall–Kier alpha value is -3.86. The molecule has 1 spiro atoms. The number of likely N-dealkylation sites (tertiary alicyclic amines) is 1. The fourth-order valence-corrected chi connectivity index (χ4v) is 11.1. The number of ether oxygens (including phenoxy) is 1. The molecule has 4 aromatic carbocycles. The van der Waals surface area contributed by atoms with Crippen LogP contribution < -0.4 is 15.4 Å². The first-order valence-electron chi connectivity index (χ1n) is 15.5. The molecular formula is C36H34BrN3O5S. The maximum atomic E-state index is 14.7. The molecule has 7 atom stereocenters. The Kier molecular flexibility index (Phi) is 8.29. The van der Waals surface area contributed by atoms with Crippen LogP contribution in [0.25, 0.3) is 10.8 Å². The summed E-state index contributed by atoms with van der Waals surface area (Å²) in [6, 6.07) is 28.4. The van der Waals surface area contributed by atoms with Gasteiger partial charge in [0.2, 0.25) is 17.7 Å². The maximum absolute atomic E-state index is 14.7. The number of thioether (sulfide) groups is 1. The van der Waals surface area contributed by atoms with Crippen LogP contribution in [-0.4, -0.2) is 61.8 Å². The second-order valence-corrected chi connectivity index (χ2v) is 14.7. The lowest BCUT2D eigenvalue weighted by Crippen LogP contribution is -2.53. The molecule has 2 bridgehead atoms. The van der Waals surface area contributed by atoms with E-state index in [9.17, 15) is 19.5 Å². The largest absolute Gasteiger partial charge is 0.494 e. The average molecular weight is 701 g/mol. The van der Waals surface area contributed by atoms with Crippen LogP contribution in [0.5, 0.6) is 5.75 Å². The SMILES string of the molecule is CCOc1ccc(NC(=O)[C@H]2[C@@H]3SC4(CC3Br)C(C(=O)Nc3ccc5ccccc5c3)N([C@H](CO)c3ccccc3)C(=O)[C@H]24)cc1. The smallest absolute Gasteiger partial charge is 0.248 e. The zero-order chi connectivity index (χ0) is 32.0. The molecular weight excluding hydrogens is 666 g/mol. The van der Waals surface area contributed by atoms with Gasteiger partial charge in [-0.15, -0.1) is 11.8 Å². The summed E-state index contributed by atoms with van der Waals surface area (Å²) in [5, 5.41) is 18.7. The number of amides is 3. The monoisotopic (exact) mass is 699 g/mol. The third-order valence-electron chi connectivity index (χ3n) is 9.42. The molecule has 0 saturated carbocycles. The molecule has 0 aliphatic carbocycles. The van der Waals surface area contributed by atoms with Crippen molar-refractivity contribution in [2.45, 2.75) is 40.3 Å². The van der Waals surface area contributed by atoms with Crippen LogP contribution in [0.1, 0.15) is 24.9 Å². The fourth-order valence-electron chi connectivity index (χ4n) is 7.54. The van der Waals surface area contributed by atoms with Crippen molar-refractivity contribution in [3.8, 4) is 5.75 Å². The van der Waals surface area contributed by atoms with E-state index < -0.39 is 28.7 Å². The molecule has 0 aromatic heterocycles. The number of alkyl halides is 1. The summed E-state index contributed by atoms with van der Waals surface area (Å²) >= 11 is 5.39. The zero-order valence-corrected chi connectivity index (χ0v) is 27.5. The van der Waals surface area contributed by atoms with Crippen molar-refractivity contribution in [3.63, 3.8) is 0 Å². The number of nitrogens with one attached hydrogen (secondary N) is 2. The van der Waals surface area contributed by atoms with Gasteiger partial charge in [-0.25, -0.2) is 0 Å². The highest BCUT2D eigenvalue weighted by Crippen LogP contribution is 2.68. The van der Waals surface area contributed by atoms with Crippen LogP contribution in [0.2, 0.25) is 0 Å². The van der Waals surface area contributed by atoms with Crippen LogP contribution >= 0.6 is 27.7 Å². The number of aliphatic hydroxyl groups is 1. The van der Waals surface area contributed by atoms with E-state index in [0.29, 0.717) is 30.2 Å². The van der Waals surface area contributed by atoms with Gasteiger partial charge in [-0.2, -0.15) is 0 Å². The predicted octanol–water partition coefficient (Wildman–Crippen LogP) is 6.01. The van der Waals surface area contributed by atoms with Crippen molar-refractivity contribution < 1.29 is 24.2 Å². The first kappa shape index (κ1) is 30.8. The van der Waals surface area contributed by atoms with Crippen molar-refractivity contribution in [1.82, 2.24) is 4.90 Å². The van der Waals surface area contributed by atoms with Gasteiger partial charge in [0.25, 0.3) is 0 Å². The lowest BCUT2D eigenvalue weighted by atomic mass is 9.70. The number of anilines is 2. The van der Waals surface area contributed by atoms with E-state index in [0.717, 1.165) is 16.3 Å². The lowest BCUT2D eigenvalue weighted by molar-refractivity contribution is -0.141. The molecule has 3 amide bonds. The highest BCUT2D eigenvalue weighted by molar-refractivity contribution is 9.09. The molecule has 3 N–H and O–H groups in total. The van der Waals surface area contributed by atoms with Gasteiger partial charge in [0, 0.05) is 21.5 Å². The van der Waals surface area contributed by atoms with E-state index in [4.69, 9.17) is 4.74 Å². The van der Waals surface area contributed by atoms with E-state index in [1.54, 1.807) is 40.9 Å². The Morgan fingerprint density at radius 3 is 2.35 bits per heavy atom. The Bertz CT molecular complexity index is 1790. The molecule has 3 saturated heterocycles. The molecule has 3 aliphatic rings. The zero-order valence-electron chi connectivity index (χ0n) is 25.1. The van der Waals surface area contributed by atoms with Crippen molar-refractivity contribution in [2.24, 2.45) is 11.8 Å². The third-order valence-corrected chi connectivity index (χ3v) is 12.6. The minimum absolute atomic E-state index is 0.0853. The normalized spacial score (nSPS) is 27.0. The summed E-state index contributed by atoms with van der Waals surface area (Å²) in [6.07, 6.45) is 0.533. The van der Waals surface area contributed by atoms with Gasteiger partial charge in [0.1, 0.15) is 11.8 Å². The number of rotatable bonds is 9.